The minimum Gasteiger partial charge on any atom is -0.482 e. The second kappa shape index (κ2) is 12.2. The Morgan fingerprint density at radius 1 is 1.09 bits per heavy atom. The van der Waals surface area contributed by atoms with Gasteiger partial charge in [-0.1, -0.05) is 60.2 Å². The maximum atomic E-state index is 13.9. The zero-order valence-corrected chi connectivity index (χ0v) is 24.9. The van der Waals surface area contributed by atoms with E-state index in [2.05, 4.69) is 10.3 Å². The third-order valence-electron chi connectivity index (χ3n) is 8.04. The van der Waals surface area contributed by atoms with Crippen LogP contribution in [-0.4, -0.2) is 50.2 Å². The van der Waals surface area contributed by atoms with Crippen LogP contribution in [0.5, 0.6) is 5.75 Å². The molecule has 11 heteroatoms. The lowest BCUT2D eigenvalue weighted by molar-refractivity contribution is -0.139. The number of anilines is 3. The molecule has 3 heterocycles. The van der Waals surface area contributed by atoms with Crippen molar-refractivity contribution in [1.82, 2.24) is 15.0 Å². The van der Waals surface area contributed by atoms with Crippen molar-refractivity contribution < 1.29 is 24.5 Å². The van der Waals surface area contributed by atoms with Gasteiger partial charge in [-0.25, -0.2) is 0 Å². The van der Waals surface area contributed by atoms with Gasteiger partial charge in [0.05, 0.1) is 23.6 Å². The summed E-state index contributed by atoms with van der Waals surface area (Å²) in [6, 6.07) is 20.0. The lowest BCUT2D eigenvalue weighted by Crippen LogP contribution is -2.44. The molecule has 2 aliphatic rings. The summed E-state index contributed by atoms with van der Waals surface area (Å²) < 4.78 is 7.26. The molecular weight excluding hydrogens is 582 g/mol. The first-order chi connectivity index (χ1) is 21.3. The molecule has 2 aliphatic heterocycles. The second-order valence-corrected chi connectivity index (χ2v) is 11.4. The maximum absolute atomic E-state index is 13.9. The highest BCUT2D eigenvalue weighted by Crippen LogP contribution is 2.47. The van der Waals surface area contributed by atoms with E-state index < -0.39 is 17.4 Å². The first-order valence-electron chi connectivity index (χ1n) is 14.4. The predicted molar refractivity (Wildman–Crippen MR) is 166 cm³/mol. The van der Waals surface area contributed by atoms with Crippen LogP contribution in [0.1, 0.15) is 30.2 Å². The number of halogens is 1. The molecule has 2 N–H and O–H groups in total. The van der Waals surface area contributed by atoms with Crippen LogP contribution in [0, 0.1) is 5.92 Å². The smallest absolute Gasteiger partial charge is 0.269 e. The molecule has 2 amide bonds. The molecule has 0 spiro atoms. The van der Waals surface area contributed by atoms with Crippen molar-refractivity contribution in [3.05, 3.63) is 107 Å². The number of hydrogen-bond acceptors (Lipinski definition) is 7. The van der Waals surface area contributed by atoms with Gasteiger partial charge >= 0.3 is 0 Å². The summed E-state index contributed by atoms with van der Waals surface area (Å²) in [6.07, 6.45) is 6.61. The maximum Gasteiger partial charge on any atom is 0.269 e. The zero-order valence-electron chi connectivity index (χ0n) is 24.1. The summed E-state index contributed by atoms with van der Waals surface area (Å²) in [5, 5.41) is 29.5. The molecule has 1 aromatic heterocycles. The third-order valence-corrected chi connectivity index (χ3v) is 8.27. The number of aliphatic hydroxyl groups is 2. The molecular formula is C33H32ClN5O5. The van der Waals surface area contributed by atoms with Crippen LogP contribution in [-0.2, 0) is 34.7 Å². The van der Waals surface area contributed by atoms with E-state index in [1.165, 1.54) is 0 Å². The number of rotatable bonds is 10. The Balaban J connectivity index is 1.19. The highest BCUT2D eigenvalue weighted by atomic mass is 35.5. The first-order valence-corrected chi connectivity index (χ1v) is 14.8. The molecule has 6 rings (SSSR count). The Morgan fingerprint density at radius 3 is 2.68 bits per heavy atom. The Morgan fingerprint density at radius 2 is 1.89 bits per heavy atom. The van der Waals surface area contributed by atoms with Crippen molar-refractivity contribution in [2.75, 3.05) is 23.0 Å². The Labute approximate surface area is 259 Å². The lowest BCUT2D eigenvalue weighted by atomic mass is 9.83. The van der Waals surface area contributed by atoms with Crippen LogP contribution in [0.25, 0.3) is 0 Å². The number of hydrogen-bond donors (Lipinski definition) is 2. The number of ether oxygens (including phenoxy) is 1. The number of para-hydroxylation sites is 2. The van der Waals surface area contributed by atoms with Gasteiger partial charge in [0.1, 0.15) is 5.75 Å². The normalized spacial score (nSPS) is 18.5. The molecule has 10 nitrogen and oxygen atoms in total. The third kappa shape index (κ3) is 5.47. The van der Waals surface area contributed by atoms with Gasteiger partial charge in [-0.3, -0.25) is 19.2 Å². The monoisotopic (exact) mass is 613 g/mol. The topological polar surface area (TPSA) is 121 Å². The van der Waals surface area contributed by atoms with Crippen LogP contribution in [0.3, 0.4) is 0 Å². The fourth-order valence-corrected chi connectivity index (χ4v) is 5.89. The van der Waals surface area contributed by atoms with E-state index in [0.717, 1.165) is 11.3 Å². The number of nitrogens with zero attached hydrogens (tertiary/aromatic N) is 5. The first kappa shape index (κ1) is 29.6. The number of allylic oxidation sites excluding steroid dienone is 1. The Kier molecular flexibility index (Phi) is 8.22. The van der Waals surface area contributed by atoms with Gasteiger partial charge < -0.3 is 19.8 Å². The highest BCUT2D eigenvalue weighted by molar-refractivity contribution is 6.31. The van der Waals surface area contributed by atoms with Gasteiger partial charge in [0.25, 0.3) is 11.8 Å². The van der Waals surface area contributed by atoms with Gasteiger partial charge in [0.15, 0.2) is 12.2 Å². The number of benzene rings is 3. The lowest BCUT2D eigenvalue weighted by Gasteiger charge is -2.29. The Hall–Kier alpha value is -4.51. The van der Waals surface area contributed by atoms with Gasteiger partial charge in [0, 0.05) is 48.0 Å². The number of fused-ring (bicyclic) bond motifs is 2. The van der Waals surface area contributed by atoms with E-state index in [1.54, 1.807) is 38.9 Å². The average Bonchev–Trinajstić information content (AvgIpc) is 3.56. The number of carbonyl (C=O) groups excluding carboxylic acids is 2. The van der Waals surface area contributed by atoms with Crippen molar-refractivity contribution in [1.29, 1.82) is 0 Å². The van der Waals surface area contributed by atoms with Crippen LogP contribution >= 0.6 is 11.6 Å². The molecule has 44 heavy (non-hydrogen) atoms. The number of carbonyl (C=O) groups is 2. The van der Waals surface area contributed by atoms with Crippen LogP contribution in [0.15, 0.2) is 85.1 Å². The van der Waals surface area contributed by atoms with E-state index in [9.17, 15) is 14.7 Å². The van der Waals surface area contributed by atoms with Crippen molar-refractivity contribution in [3.63, 3.8) is 0 Å². The van der Waals surface area contributed by atoms with Crippen molar-refractivity contribution in [2.45, 2.75) is 38.5 Å². The standard InChI is InChI=1S/C33H32ClN5O5/c1-22(6-4-5-16-37-20-25(15-17-40)35-36-37)33(43)27-18-24(34)11-14-28(27)38(32(33)42)19-23-9-12-26(13-10-23)39-29-7-2-3-8-30(29)44-21-31(39)41/h2-4,6-14,18,20,22,40,43H,5,15-17,19,21H2,1H3/b6-4+/t22-,33+/m0/s1. The van der Waals surface area contributed by atoms with E-state index in [-0.39, 0.29) is 25.7 Å². The summed E-state index contributed by atoms with van der Waals surface area (Å²) >= 11 is 6.34. The molecule has 2 atom stereocenters. The zero-order chi connectivity index (χ0) is 30.8. The molecule has 4 aromatic rings. The number of aliphatic hydroxyl groups excluding tert-OH is 1. The number of amides is 2. The molecule has 0 aliphatic carbocycles. The van der Waals surface area contributed by atoms with Crippen molar-refractivity contribution in [2.24, 2.45) is 5.92 Å². The van der Waals surface area contributed by atoms with Gasteiger partial charge in [-0.15, -0.1) is 5.10 Å². The fraction of sp³-hybridized carbons (Fsp3) is 0.273. The molecule has 3 aromatic carbocycles. The molecule has 0 saturated carbocycles. The minimum absolute atomic E-state index is 0.0149. The van der Waals surface area contributed by atoms with Crippen LogP contribution in [0.2, 0.25) is 5.02 Å². The van der Waals surface area contributed by atoms with Gasteiger partial charge in [-0.05, 0) is 54.4 Å². The summed E-state index contributed by atoms with van der Waals surface area (Å²) in [6.45, 7) is 2.57. The van der Waals surface area contributed by atoms with E-state index >= 15 is 0 Å². The number of aromatic nitrogens is 3. The average molecular weight is 614 g/mol. The summed E-state index contributed by atoms with van der Waals surface area (Å²) in [4.78, 5) is 29.9. The van der Waals surface area contributed by atoms with Crippen LogP contribution in [0.4, 0.5) is 17.1 Å². The summed E-state index contributed by atoms with van der Waals surface area (Å²) in [5.74, 6) is -0.509. The highest BCUT2D eigenvalue weighted by Gasteiger charge is 2.52. The van der Waals surface area contributed by atoms with Gasteiger partial charge in [0.2, 0.25) is 0 Å². The van der Waals surface area contributed by atoms with Crippen molar-refractivity contribution in [3.8, 4) is 5.75 Å². The van der Waals surface area contributed by atoms with Gasteiger partial charge in [-0.2, -0.15) is 0 Å². The summed E-state index contributed by atoms with van der Waals surface area (Å²) in [7, 11) is 0. The second-order valence-electron chi connectivity index (χ2n) is 10.9. The van der Waals surface area contributed by atoms with E-state index in [0.29, 0.717) is 52.8 Å². The molecule has 226 valence electrons. The molecule has 0 fully saturated rings. The quantitative estimate of drug-likeness (QED) is 0.252. The molecule has 0 unspecified atom stereocenters. The molecule has 0 saturated heterocycles. The predicted octanol–water partition coefficient (Wildman–Crippen LogP) is 4.54. The minimum atomic E-state index is -1.80. The largest absolute Gasteiger partial charge is 0.482 e. The van der Waals surface area contributed by atoms with Crippen molar-refractivity contribution >= 4 is 40.5 Å². The number of aryl methyl sites for hydroxylation is 1. The fourth-order valence-electron chi connectivity index (χ4n) is 5.72. The molecule has 0 bridgehead atoms. The molecule has 0 radical (unpaired) electrons. The van der Waals surface area contributed by atoms with E-state index in [4.69, 9.17) is 21.4 Å². The SMILES string of the molecule is C[C@@H](/C=C/CCn1cc(CCO)nn1)[C@]1(O)C(=O)N(Cc2ccc(N3C(=O)COc4ccccc43)cc2)c2ccc(Cl)cc21. The van der Waals surface area contributed by atoms with E-state index in [1.807, 2.05) is 67.6 Å². The summed E-state index contributed by atoms with van der Waals surface area (Å²) in [5.41, 5.74) is 2.18. The van der Waals surface area contributed by atoms with Crippen LogP contribution < -0.4 is 14.5 Å². The Bertz CT molecular complexity index is 1720.